The van der Waals surface area contributed by atoms with E-state index in [4.69, 9.17) is 11.6 Å². The van der Waals surface area contributed by atoms with Crippen molar-refractivity contribution in [3.8, 4) is 0 Å². The van der Waals surface area contributed by atoms with E-state index in [0.29, 0.717) is 6.04 Å². The number of benzene rings is 1. The molecule has 2 rings (SSSR count). The lowest BCUT2D eigenvalue weighted by Crippen LogP contribution is -2.32. The molecule has 0 saturated carbocycles. The first-order valence-corrected chi connectivity index (χ1v) is 7.31. The third-order valence-electron chi connectivity index (χ3n) is 3.14. The van der Waals surface area contributed by atoms with Crippen LogP contribution >= 0.6 is 27.5 Å². The molecule has 4 heteroatoms. The van der Waals surface area contributed by atoms with Gasteiger partial charge < -0.3 is 10.2 Å². The van der Waals surface area contributed by atoms with Crippen molar-refractivity contribution >= 4 is 33.2 Å². The van der Waals surface area contributed by atoms with Crippen LogP contribution in [0.25, 0.3) is 0 Å². The van der Waals surface area contributed by atoms with Gasteiger partial charge in [-0.1, -0.05) is 18.5 Å². The van der Waals surface area contributed by atoms with Crippen LogP contribution in [0.2, 0.25) is 5.02 Å². The molecule has 1 heterocycles. The van der Waals surface area contributed by atoms with E-state index in [9.17, 15) is 0 Å². The van der Waals surface area contributed by atoms with Crippen molar-refractivity contribution in [2.45, 2.75) is 25.8 Å². The summed E-state index contributed by atoms with van der Waals surface area (Å²) in [5.41, 5.74) is 1.22. The minimum atomic E-state index is 0.623. The Labute approximate surface area is 116 Å². The predicted octanol–water partition coefficient (Wildman–Crippen LogP) is 3.68. The molecule has 1 N–H and O–H groups in total. The molecule has 1 aliphatic rings. The summed E-state index contributed by atoms with van der Waals surface area (Å²) in [4.78, 5) is 2.39. The fraction of sp³-hybridized carbons (Fsp3) is 0.538. The highest BCUT2D eigenvalue weighted by molar-refractivity contribution is 9.10. The Morgan fingerprint density at radius 3 is 3.06 bits per heavy atom. The summed E-state index contributed by atoms with van der Waals surface area (Å²) in [6.45, 7) is 5.51. The molecular weight excluding hydrogens is 300 g/mol. The van der Waals surface area contributed by atoms with E-state index in [1.165, 1.54) is 18.5 Å². The zero-order chi connectivity index (χ0) is 12.3. The van der Waals surface area contributed by atoms with Crippen molar-refractivity contribution in [3.05, 3.63) is 27.7 Å². The van der Waals surface area contributed by atoms with Gasteiger partial charge in [-0.25, -0.2) is 0 Å². The Hall–Kier alpha value is -0.250. The Morgan fingerprint density at radius 2 is 2.35 bits per heavy atom. The SMILES string of the molecule is CCCNC1CCN(c2ccc(Br)c(Cl)c2)C1. The Balaban J connectivity index is 1.97. The van der Waals surface area contributed by atoms with E-state index in [-0.39, 0.29) is 0 Å². The van der Waals surface area contributed by atoms with E-state index in [1.54, 1.807) is 0 Å². The van der Waals surface area contributed by atoms with Crippen LogP contribution < -0.4 is 10.2 Å². The first-order chi connectivity index (χ1) is 8.20. The van der Waals surface area contributed by atoms with Crippen LogP contribution in [0.3, 0.4) is 0 Å². The predicted molar refractivity (Wildman–Crippen MR) is 78.1 cm³/mol. The number of hydrogen-bond donors (Lipinski definition) is 1. The number of anilines is 1. The van der Waals surface area contributed by atoms with Gasteiger partial charge >= 0.3 is 0 Å². The average Bonchev–Trinajstić information content (AvgIpc) is 2.79. The molecule has 1 fully saturated rings. The van der Waals surface area contributed by atoms with Gasteiger partial charge in [-0.3, -0.25) is 0 Å². The lowest BCUT2D eigenvalue weighted by molar-refractivity contribution is 0.549. The second kappa shape index (κ2) is 6.07. The van der Waals surface area contributed by atoms with Crippen molar-refractivity contribution in [2.75, 3.05) is 24.5 Å². The topological polar surface area (TPSA) is 15.3 Å². The summed E-state index contributed by atoms with van der Waals surface area (Å²) in [6, 6.07) is 6.80. The quantitative estimate of drug-likeness (QED) is 0.911. The standard InChI is InChI=1S/C13H18BrClN2/c1-2-6-16-10-5-7-17(9-10)11-3-4-12(14)13(15)8-11/h3-4,8,10,16H,2,5-7,9H2,1H3. The van der Waals surface area contributed by atoms with Crippen LogP contribution in [-0.4, -0.2) is 25.7 Å². The fourth-order valence-electron chi connectivity index (χ4n) is 2.19. The third kappa shape index (κ3) is 3.36. The van der Waals surface area contributed by atoms with Gasteiger partial charge in [0.05, 0.1) is 5.02 Å². The second-order valence-electron chi connectivity index (χ2n) is 4.48. The molecular formula is C13H18BrClN2. The molecule has 0 spiro atoms. The van der Waals surface area contributed by atoms with E-state index < -0.39 is 0 Å². The monoisotopic (exact) mass is 316 g/mol. The smallest absolute Gasteiger partial charge is 0.0568 e. The van der Waals surface area contributed by atoms with Gasteiger partial charge in [-0.2, -0.15) is 0 Å². The maximum Gasteiger partial charge on any atom is 0.0568 e. The molecule has 1 aromatic rings. The van der Waals surface area contributed by atoms with Crippen molar-refractivity contribution in [1.29, 1.82) is 0 Å². The van der Waals surface area contributed by atoms with Crippen LogP contribution in [0.5, 0.6) is 0 Å². The summed E-state index contributed by atoms with van der Waals surface area (Å²) < 4.78 is 0.961. The van der Waals surface area contributed by atoms with Gasteiger partial charge in [0.2, 0.25) is 0 Å². The van der Waals surface area contributed by atoms with Gasteiger partial charge in [-0.15, -0.1) is 0 Å². The second-order valence-corrected chi connectivity index (χ2v) is 5.75. The van der Waals surface area contributed by atoms with Gasteiger partial charge in [0.15, 0.2) is 0 Å². The maximum atomic E-state index is 6.12. The van der Waals surface area contributed by atoms with E-state index in [2.05, 4.69) is 39.1 Å². The summed E-state index contributed by atoms with van der Waals surface area (Å²) in [7, 11) is 0. The summed E-state index contributed by atoms with van der Waals surface area (Å²) in [6.07, 6.45) is 2.41. The lowest BCUT2D eigenvalue weighted by Gasteiger charge is -2.19. The van der Waals surface area contributed by atoms with Crippen molar-refractivity contribution in [2.24, 2.45) is 0 Å². The van der Waals surface area contributed by atoms with Crippen LogP contribution in [0, 0.1) is 0 Å². The molecule has 0 aromatic heterocycles. The number of halogens is 2. The Morgan fingerprint density at radius 1 is 1.53 bits per heavy atom. The highest BCUT2D eigenvalue weighted by Gasteiger charge is 2.22. The highest BCUT2D eigenvalue weighted by Crippen LogP contribution is 2.29. The number of nitrogens with one attached hydrogen (secondary N) is 1. The van der Waals surface area contributed by atoms with Crippen LogP contribution in [-0.2, 0) is 0 Å². The molecule has 1 unspecified atom stereocenters. The van der Waals surface area contributed by atoms with Gasteiger partial charge in [0, 0.05) is 29.3 Å². The van der Waals surface area contributed by atoms with Crippen molar-refractivity contribution < 1.29 is 0 Å². The first-order valence-electron chi connectivity index (χ1n) is 6.14. The van der Waals surface area contributed by atoms with E-state index in [0.717, 1.165) is 29.1 Å². The van der Waals surface area contributed by atoms with Crippen LogP contribution in [0.15, 0.2) is 22.7 Å². The maximum absolute atomic E-state index is 6.12. The molecule has 0 radical (unpaired) electrons. The molecule has 1 saturated heterocycles. The lowest BCUT2D eigenvalue weighted by atomic mass is 10.2. The molecule has 94 valence electrons. The van der Waals surface area contributed by atoms with Gasteiger partial charge in [0.1, 0.15) is 0 Å². The van der Waals surface area contributed by atoms with Crippen molar-refractivity contribution in [3.63, 3.8) is 0 Å². The third-order valence-corrected chi connectivity index (χ3v) is 4.37. The number of rotatable bonds is 4. The Kier molecular flexibility index (Phi) is 4.71. The minimum absolute atomic E-state index is 0.623. The fourth-order valence-corrected chi connectivity index (χ4v) is 2.61. The van der Waals surface area contributed by atoms with Crippen LogP contribution in [0.4, 0.5) is 5.69 Å². The molecule has 17 heavy (non-hydrogen) atoms. The van der Waals surface area contributed by atoms with E-state index >= 15 is 0 Å². The molecule has 0 aliphatic carbocycles. The normalized spacial score (nSPS) is 19.9. The van der Waals surface area contributed by atoms with E-state index in [1.807, 2.05) is 12.1 Å². The summed E-state index contributed by atoms with van der Waals surface area (Å²) in [5, 5.41) is 4.36. The van der Waals surface area contributed by atoms with Crippen LogP contribution in [0.1, 0.15) is 19.8 Å². The average molecular weight is 318 g/mol. The molecule has 1 atom stereocenters. The molecule has 1 aromatic carbocycles. The largest absolute Gasteiger partial charge is 0.370 e. The highest BCUT2D eigenvalue weighted by atomic mass is 79.9. The molecule has 0 bridgehead atoms. The van der Waals surface area contributed by atoms with Crippen molar-refractivity contribution in [1.82, 2.24) is 5.32 Å². The molecule has 2 nitrogen and oxygen atoms in total. The van der Waals surface area contributed by atoms with Gasteiger partial charge in [0.25, 0.3) is 0 Å². The summed E-state index contributed by atoms with van der Waals surface area (Å²) in [5.74, 6) is 0. The zero-order valence-electron chi connectivity index (χ0n) is 10.0. The zero-order valence-corrected chi connectivity index (χ0v) is 12.4. The Bertz CT molecular complexity index is 384. The summed E-state index contributed by atoms with van der Waals surface area (Å²) >= 11 is 9.54. The number of hydrogen-bond acceptors (Lipinski definition) is 2. The van der Waals surface area contributed by atoms with Gasteiger partial charge in [-0.05, 0) is 53.5 Å². The number of nitrogens with zero attached hydrogens (tertiary/aromatic N) is 1. The molecule has 0 amide bonds. The first kappa shape index (κ1) is 13.2. The minimum Gasteiger partial charge on any atom is -0.370 e. The molecule has 1 aliphatic heterocycles.